The summed E-state index contributed by atoms with van der Waals surface area (Å²) in [6.45, 7) is 0.0946. The highest BCUT2D eigenvalue weighted by atomic mass is 19.1. The van der Waals surface area contributed by atoms with Crippen molar-refractivity contribution < 1.29 is 18.7 Å². The van der Waals surface area contributed by atoms with Crippen LogP contribution in [0.2, 0.25) is 0 Å². The molecule has 2 aromatic rings. The lowest BCUT2D eigenvalue weighted by Gasteiger charge is -2.08. The summed E-state index contributed by atoms with van der Waals surface area (Å²) in [5, 5.41) is 11.4. The number of amides is 1. The van der Waals surface area contributed by atoms with Gasteiger partial charge in [0.25, 0.3) is 5.91 Å². The van der Waals surface area contributed by atoms with Gasteiger partial charge in [0.05, 0.1) is 5.56 Å². The number of carbonyl (C=O) groups is 1. The molecule has 2 rings (SSSR count). The molecular formula is C16H15F2NO2. The number of hydrogen-bond donors (Lipinski definition) is 2. The molecule has 3 nitrogen and oxygen atoms in total. The number of rotatable bonds is 5. The number of aliphatic hydroxyl groups excluding tert-OH is 1. The van der Waals surface area contributed by atoms with E-state index >= 15 is 0 Å². The molecule has 0 spiro atoms. The van der Waals surface area contributed by atoms with Crippen molar-refractivity contribution in [3.05, 3.63) is 65.2 Å². The van der Waals surface area contributed by atoms with Crippen molar-refractivity contribution in [2.45, 2.75) is 12.8 Å². The maximum absolute atomic E-state index is 13.5. The molecule has 110 valence electrons. The van der Waals surface area contributed by atoms with Gasteiger partial charge in [0, 0.05) is 18.4 Å². The monoisotopic (exact) mass is 291 g/mol. The normalized spacial score (nSPS) is 10.4. The molecule has 0 aliphatic heterocycles. The van der Waals surface area contributed by atoms with Gasteiger partial charge in [-0.15, -0.1) is 0 Å². The van der Waals surface area contributed by atoms with E-state index in [0.717, 1.165) is 17.7 Å². The van der Waals surface area contributed by atoms with Gasteiger partial charge in [-0.3, -0.25) is 4.79 Å². The largest absolute Gasteiger partial charge is 0.396 e. The molecule has 0 heterocycles. The number of carbonyl (C=O) groups excluding carboxylic acids is 1. The number of aryl methyl sites for hydroxylation is 1. The highest BCUT2D eigenvalue weighted by molar-refractivity contribution is 6.04. The minimum absolute atomic E-state index is 0.0946. The summed E-state index contributed by atoms with van der Waals surface area (Å²) in [6.07, 6.45) is 1.31. The molecule has 0 saturated heterocycles. The van der Waals surface area contributed by atoms with Gasteiger partial charge in [-0.2, -0.15) is 0 Å². The van der Waals surface area contributed by atoms with Gasteiger partial charge in [0.2, 0.25) is 0 Å². The number of benzene rings is 2. The molecule has 0 saturated carbocycles. The number of anilines is 1. The zero-order valence-corrected chi connectivity index (χ0v) is 11.3. The van der Waals surface area contributed by atoms with Crippen LogP contribution in [0.3, 0.4) is 0 Å². The molecule has 21 heavy (non-hydrogen) atoms. The number of hydrogen-bond acceptors (Lipinski definition) is 2. The van der Waals surface area contributed by atoms with E-state index in [4.69, 9.17) is 5.11 Å². The van der Waals surface area contributed by atoms with Crippen molar-refractivity contribution >= 4 is 11.6 Å². The lowest BCUT2D eigenvalue weighted by Crippen LogP contribution is -2.14. The Hall–Kier alpha value is -2.27. The van der Waals surface area contributed by atoms with Crippen molar-refractivity contribution in [3.63, 3.8) is 0 Å². The summed E-state index contributed by atoms with van der Waals surface area (Å²) in [5.41, 5.74) is 1.28. The van der Waals surface area contributed by atoms with E-state index < -0.39 is 17.5 Å². The average Bonchev–Trinajstić information content (AvgIpc) is 2.45. The molecule has 0 unspecified atom stereocenters. The zero-order valence-electron chi connectivity index (χ0n) is 11.3. The Morgan fingerprint density at radius 1 is 1.14 bits per heavy atom. The average molecular weight is 291 g/mol. The maximum atomic E-state index is 13.5. The van der Waals surface area contributed by atoms with Gasteiger partial charge >= 0.3 is 0 Å². The second-order valence-corrected chi connectivity index (χ2v) is 4.61. The minimum Gasteiger partial charge on any atom is -0.396 e. The van der Waals surface area contributed by atoms with E-state index in [1.165, 1.54) is 0 Å². The molecule has 0 fully saturated rings. The van der Waals surface area contributed by atoms with Gasteiger partial charge in [-0.1, -0.05) is 12.1 Å². The third kappa shape index (κ3) is 4.10. The predicted molar refractivity (Wildman–Crippen MR) is 76.2 cm³/mol. The van der Waals surface area contributed by atoms with Gasteiger partial charge in [-0.25, -0.2) is 8.78 Å². The van der Waals surface area contributed by atoms with Gasteiger partial charge in [-0.05, 0) is 42.7 Å². The van der Waals surface area contributed by atoms with Crippen LogP contribution in [0.5, 0.6) is 0 Å². The molecule has 0 aliphatic rings. The van der Waals surface area contributed by atoms with Gasteiger partial charge < -0.3 is 10.4 Å². The van der Waals surface area contributed by atoms with Gasteiger partial charge in [0.1, 0.15) is 11.6 Å². The van der Waals surface area contributed by atoms with E-state index in [-0.39, 0.29) is 12.2 Å². The maximum Gasteiger partial charge on any atom is 0.258 e. The van der Waals surface area contributed by atoms with Crippen molar-refractivity contribution in [2.24, 2.45) is 0 Å². The summed E-state index contributed by atoms with van der Waals surface area (Å²) in [6, 6.07) is 9.90. The van der Waals surface area contributed by atoms with Gasteiger partial charge in [0.15, 0.2) is 0 Å². The molecule has 1 amide bonds. The second kappa shape index (κ2) is 6.95. The first-order valence-electron chi connectivity index (χ1n) is 6.56. The number of halogens is 2. The Balaban J connectivity index is 2.12. The highest BCUT2D eigenvalue weighted by Crippen LogP contribution is 2.15. The third-order valence-corrected chi connectivity index (χ3v) is 2.98. The molecule has 0 radical (unpaired) electrons. The van der Waals surface area contributed by atoms with Crippen LogP contribution in [0, 0.1) is 11.6 Å². The molecule has 5 heteroatoms. The SMILES string of the molecule is O=C(Nc1cccc(CCCO)c1)c1ccc(F)cc1F. The van der Waals surface area contributed by atoms with Crippen LogP contribution in [-0.4, -0.2) is 17.6 Å². The van der Waals surface area contributed by atoms with Crippen molar-refractivity contribution in [3.8, 4) is 0 Å². The predicted octanol–water partition coefficient (Wildman–Crippen LogP) is 3.14. The molecule has 0 bridgehead atoms. The molecule has 2 aromatic carbocycles. The third-order valence-electron chi connectivity index (χ3n) is 2.98. The Bertz CT molecular complexity index is 644. The van der Waals surface area contributed by atoms with Crippen molar-refractivity contribution in [1.29, 1.82) is 0 Å². The second-order valence-electron chi connectivity index (χ2n) is 4.61. The Kier molecular flexibility index (Phi) is 5.00. The van der Waals surface area contributed by atoms with Crippen LogP contribution in [0.25, 0.3) is 0 Å². The Morgan fingerprint density at radius 3 is 2.67 bits per heavy atom. The van der Waals surface area contributed by atoms with Crippen molar-refractivity contribution in [1.82, 2.24) is 0 Å². The minimum atomic E-state index is -0.899. The highest BCUT2D eigenvalue weighted by Gasteiger charge is 2.12. The number of aliphatic hydroxyl groups is 1. The van der Waals surface area contributed by atoms with Crippen LogP contribution >= 0.6 is 0 Å². The quantitative estimate of drug-likeness (QED) is 0.889. The lowest BCUT2D eigenvalue weighted by atomic mass is 10.1. The smallest absolute Gasteiger partial charge is 0.258 e. The fraction of sp³-hybridized carbons (Fsp3) is 0.188. The van der Waals surface area contributed by atoms with E-state index in [0.29, 0.717) is 24.6 Å². The fourth-order valence-electron chi connectivity index (χ4n) is 1.96. The standard InChI is InChI=1S/C16H15F2NO2/c17-12-6-7-14(15(18)10-12)16(21)19-13-5-1-3-11(9-13)4-2-8-20/h1,3,5-7,9-10,20H,2,4,8H2,(H,19,21). The lowest BCUT2D eigenvalue weighted by molar-refractivity contribution is 0.102. The first kappa shape index (κ1) is 15.1. The number of nitrogens with one attached hydrogen (secondary N) is 1. The summed E-state index contributed by atoms with van der Waals surface area (Å²) < 4.78 is 26.3. The van der Waals surface area contributed by atoms with Crippen LogP contribution in [0.15, 0.2) is 42.5 Å². The Labute approximate surface area is 121 Å². The van der Waals surface area contributed by atoms with E-state index in [1.54, 1.807) is 18.2 Å². The van der Waals surface area contributed by atoms with E-state index in [9.17, 15) is 13.6 Å². The zero-order chi connectivity index (χ0) is 15.2. The van der Waals surface area contributed by atoms with Crippen LogP contribution in [0.4, 0.5) is 14.5 Å². The van der Waals surface area contributed by atoms with Crippen LogP contribution in [-0.2, 0) is 6.42 Å². The van der Waals surface area contributed by atoms with E-state index in [2.05, 4.69) is 5.32 Å². The first-order valence-corrected chi connectivity index (χ1v) is 6.56. The summed E-state index contributed by atoms with van der Waals surface area (Å²) in [7, 11) is 0. The molecule has 2 N–H and O–H groups in total. The Morgan fingerprint density at radius 2 is 1.95 bits per heavy atom. The first-order chi connectivity index (χ1) is 10.1. The van der Waals surface area contributed by atoms with Crippen LogP contribution < -0.4 is 5.32 Å². The van der Waals surface area contributed by atoms with Crippen molar-refractivity contribution in [2.75, 3.05) is 11.9 Å². The summed E-state index contributed by atoms with van der Waals surface area (Å²) >= 11 is 0. The fourth-order valence-corrected chi connectivity index (χ4v) is 1.96. The molecule has 0 aliphatic carbocycles. The molecular weight excluding hydrogens is 276 g/mol. The molecule has 0 aromatic heterocycles. The summed E-state index contributed by atoms with van der Waals surface area (Å²) in [5.74, 6) is -2.26. The topological polar surface area (TPSA) is 49.3 Å². The molecule has 0 atom stereocenters. The summed E-state index contributed by atoms with van der Waals surface area (Å²) in [4.78, 5) is 12.0. The van der Waals surface area contributed by atoms with Crippen LogP contribution in [0.1, 0.15) is 22.3 Å². The van der Waals surface area contributed by atoms with E-state index in [1.807, 2.05) is 6.07 Å².